The van der Waals surface area contributed by atoms with Crippen molar-refractivity contribution < 1.29 is 38.8 Å². The van der Waals surface area contributed by atoms with Crippen LogP contribution in [0, 0.1) is 17.8 Å². The third-order valence-electron chi connectivity index (χ3n) is 11.3. The van der Waals surface area contributed by atoms with Crippen molar-refractivity contribution in [2.24, 2.45) is 22.9 Å². The van der Waals surface area contributed by atoms with Crippen LogP contribution < -0.4 is 9.47 Å². The number of oxime groups is 1. The van der Waals surface area contributed by atoms with Crippen molar-refractivity contribution in [2.75, 3.05) is 45.8 Å². The fourth-order valence-corrected chi connectivity index (χ4v) is 9.50. The zero-order chi connectivity index (χ0) is 40.0. The van der Waals surface area contributed by atoms with E-state index in [2.05, 4.69) is 30.9 Å². The largest absolute Gasteiger partial charge is 0.493 e. The third kappa shape index (κ3) is 10.1. The first kappa shape index (κ1) is 42.3. The number of amides is 1. The quantitative estimate of drug-likeness (QED) is 0.0472. The van der Waals surface area contributed by atoms with Crippen LogP contribution in [0.3, 0.4) is 0 Å². The number of aliphatic hydroxyl groups excluding tert-OH is 2. The molecule has 6 atom stereocenters. The Morgan fingerprint density at radius 2 is 1.75 bits per heavy atom. The molecule has 6 rings (SSSR count). The number of hydrogen-bond donors (Lipinski definition) is 2. The summed E-state index contributed by atoms with van der Waals surface area (Å²) in [5, 5.41) is 24.4. The van der Waals surface area contributed by atoms with Crippen LogP contribution in [0.5, 0.6) is 11.5 Å². The molecule has 1 aliphatic heterocycles. The van der Waals surface area contributed by atoms with Crippen molar-refractivity contribution in [3.63, 3.8) is 0 Å². The molecule has 0 aromatic heterocycles. The van der Waals surface area contributed by atoms with E-state index in [1.807, 2.05) is 67.6 Å². The number of benzene rings is 3. The molecule has 6 unspecified atom stereocenters. The van der Waals surface area contributed by atoms with Crippen molar-refractivity contribution in [1.82, 2.24) is 4.90 Å². The SMILES string of the molecule is C=CCOC12Oc3ccc(OCCSc4ccccc4)cc3C3C(CCCCO)C(CCCCO)C=C(C(=NOCC)CC1N(C)C(=O)OCc1ccccc1)C32. The number of nitrogens with zero attached hydrogens (tertiary/aromatic N) is 2. The van der Waals surface area contributed by atoms with Gasteiger partial charge in [0.05, 0.1) is 24.8 Å². The highest BCUT2D eigenvalue weighted by Gasteiger charge is 2.65. The fourth-order valence-electron chi connectivity index (χ4n) is 8.74. The molecule has 10 nitrogen and oxygen atoms in total. The molecule has 1 saturated carbocycles. The number of aliphatic hydroxyl groups is 2. The predicted molar refractivity (Wildman–Crippen MR) is 224 cm³/mol. The second kappa shape index (κ2) is 20.9. The molecule has 1 heterocycles. The lowest BCUT2D eigenvalue weighted by Gasteiger charge is -2.59. The highest BCUT2D eigenvalue weighted by Crippen LogP contribution is 2.61. The zero-order valence-electron chi connectivity index (χ0n) is 33.3. The van der Waals surface area contributed by atoms with Gasteiger partial charge < -0.3 is 38.9 Å². The maximum atomic E-state index is 14.0. The summed E-state index contributed by atoms with van der Waals surface area (Å²) in [6, 6.07) is 25.3. The molecular formula is C46H58N2O8S. The molecule has 306 valence electrons. The van der Waals surface area contributed by atoms with E-state index in [4.69, 9.17) is 28.9 Å². The van der Waals surface area contributed by atoms with Gasteiger partial charge in [-0.1, -0.05) is 78.7 Å². The van der Waals surface area contributed by atoms with Gasteiger partial charge in [0, 0.05) is 48.8 Å². The first-order valence-electron chi connectivity index (χ1n) is 20.4. The molecule has 11 heteroatoms. The van der Waals surface area contributed by atoms with E-state index < -0.39 is 23.8 Å². The van der Waals surface area contributed by atoms with E-state index >= 15 is 0 Å². The van der Waals surface area contributed by atoms with E-state index in [9.17, 15) is 15.0 Å². The van der Waals surface area contributed by atoms with Gasteiger partial charge in [0.25, 0.3) is 0 Å². The summed E-state index contributed by atoms with van der Waals surface area (Å²) >= 11 is 1.75. The summed E-state index contributed by atoms with van der Waals surface area (Å²) in [5.74, 6) is 0.593. The molecule has 57 heavy (non-hydrogen) atoms. The van der Waals surface area contributed by atoms with E-state index in [1.54, 1.807) is 29.8 Å². The van der Waals surface area contributed by atoms with Crippen LogP contribution in [0.25, 0.3) is 0 Å². The lowest BCUT2D eigenvalue weighted by Crippen LogP contribution is -2.69. The molecule has 0 bridgehead atoms. The standard InChI is InChI=1S/C46H58N2O8S/c1-4-26-54-46-42(48(3)45(51)53-32-33-16-8-6-9-17-33)31-40(47-55-5-2)38-29-34(18-12-14-24-49)37(21-13-15-25-50)43(44(38)46)39-30-35(22-23-41(39)56-46)52-27-28-57-36-19-10-7-11-20-36/h4,6-11,16-17,19-20,22-23,29-30,34,37,42-44,49-50H,1,5,12-15,18,21,24-28,31-32H2,2-3H3. The lowest BCUT2D eigenvalue weighted by atomic mass is 9.55. The van der Waals surface area contributed by atoms with Crippen molar-refractivity contribution in [3.8, 4) is 11.5 Å². The van der Waals surface area contributed by atoms with E-state index in [0.29, 0.717) is 38.2 Å². The first-order valence-corrected chi connectivity index (χ1v) is 21.4. The van der Waals surface area contributed by atoms with Gasteiger partial charge in [-0.2, -0.15) is 0 Å². The minimum Gasteiger partial charge on any atom is -0.493 e. The smallest absolute Gasteiger partial charge is 0.410 e. The molecule has 3 aromatic rings. The van der Waals surface area contributed by atoms with Gasteiger partial charge in [-0.15, -0.1) is 18.3 Å². The number of allylic oxidation sites excluding steroid dienone is 1. The predicted octanol–water partition coefficient (Wildman–Crippen LogP) is 8.78. The van der Waals surface area contributed by atoms with Crippen LogP contribution in [0.4, 0.5) is 4.79 Å². The number of hydrogen-bond acceptors (Lipinski definition) is 10. The van der Waals surface area contributed by atoms with Crippen molar-refractivity contribution in [1.29, 1.82) is 0 Å². The Hall–Kier alpha value is -4.29. The summed E-state index contributed by atoms with van der Waals surface area (Å²) in [6.07, 6.45) is 8.66. The Morgan fingerprint density at radius 1 is 1.02 bits per heavy atom. The Bertz CT molecular complexity index is 1810. The van der Waals surface area contributed by atoms with E-state index in [-0.39, 0.29) is 44.2 Å². The Kier molecular flexibility index (Phi) is 15.5. The number of thioether (sulfide) groups is 1. The number of likely N-dealkylation sites (N-methyl/N-ethyl adjacent to an activating group) is 1. The van der Waals surface area contributed by atoms with Crippen molar-refractivity contribution >= 4 is 23.6 Å². The second-order valence-electron chi connectivity index (χ2n) is 14.9. The van der Waals surface area contributed by atoms with Crippen LogP contribution in [0.2, 0.25) is 0 Å². The summed E-state index contributed by atoms with van der Waals surface area (Å²) < 4.78 is 26.5. The summed E-state index contributed by atoms with van der Waals surface area (Å²) in [7, 11) is 1.74. The van der Waals surface area contributed by atoms with Crippen molar-refractivity contribution in [3.05, 3.63) is 114 Å². The molecule has 0 spiro atoms. The van der Waals surface area contributed by atoms with Gasteiger partial charge >= 0.3 is 6.09 Å². The van der Waals surface area contributed by atoms with Gasteiger partial charge in [0.2, 0.25) is 5.79 Å². The molecule has 3 aromatic carbocycles. The molecule has 0 saturated heterocycles. The molecule has 0 radical (unpaired) electrons. The first-order chi connectivity index (χ1) is 27.9. The van der Waals surface area contributed by atoms with Crippen LogP contribution in [-0.2, 0) is 20.9 Å². The normalized spacial score (nSPS) is 24.0. The minimum absolute atomic E-state index is 0.115. The molecule has 3 aliphatic rings. The van der Waals surface area contributed by atoms with Gasteiger partial charge in [0.1, 0.15) is 30.8 Å². The molecule has 1 fully saturated rings. The molecule has 2 aliphatic carbocycles. The van der Waals surface area contributed by atoms with Gasteiger partial charge in [-0.3, -0.25) is 0 Å². The Balaban J connectivity index is 1.44. The van der Waals surface area contributed by atoms with E-state index in [1.165, 1.54) is 4.90 Å². The maximum Gasteiger partial charge on any atom is 0.410 e. The summed E-state index contributed by atoms with van der Waals surface area (Å²) in [5.41, 5.74) is 3.64. The van der Waals surface area contributed by atoms with Crippen LogP contribution in [-0.4, -0.2) is 84.6 Å². The Labute approximate surface area is 341 Å². The zero-order valence-corrected chi connectivity index (χ0v) is 34.1. The fraction of sp³-hybridized carbons (Fsp3) is 0.478. The number of fused-ring (bicyclic) bond motifs is 2. The van der Waals surface area contributed by atoms with Gasteiger partial charge in [-0.25, -0.2) is 4.79 Å². The number of carbonyl (C=O) groups excluding carboxylic acids is 1. The molecule has 1 amide bonds. The van der Waals surface area contributed by atoms with Gasteiger partial charge in [0.15, 0.2) is 0 Å². The second-order valence-corrected chi connectivity index (χ2v) is 16.0. The summed E-state index contributed by atoms with van der Waals surface area (Å²) in [4.78, 5) is 22.6. The molecular weight excluding hydrogens is 741 g/mol. The highest BCUT2D eigenvalue weighted by molar-refractivity contribution is 7.99. The maximum absolute atomic E-state index is 14.0. The van der Waals surface area contributed by atoms with E-state index in [0.717, 1.165) is 59.6 Å². The monoisotopic (exact) mass is 798 g/mol. The minimum atomic E-state index is -1.34. The van der Waals surface area contributed by atoms with Crippen LogP contribution in [0.1, 0.15) is 68.9 Å². The summed E-state index contributed by atoms with van der Waals surface area (Å²) in [6.45, 7) is 7.36. The number of rotatable bonds is 21. The van der Waals surface area contributed by atoms with Gasteiger partial charge in [-0.05, 0) is 85.9 Å². The molecule has 2 N–H and O–H groups in total. The third-order valence-corrected chi connectivity index (χ3v) is 12.2. The topological polar surface area (TPSA) is 119 Å². The lowest BCUT2D eigenvalue weighted by molar-refractivity contribution is -0.253. The van der Waals surface area contributed by atoms with Crippen LogP contribution in [0.15, 0.2) is 113 Å². The number of unbranched alkanes of at least 4 members (excludes halogenated alkanes) is 2. The van der Waals surface area contributed by atoms with Crippen molar-refractivity contribution in [2.45, 2.75) is 81.1 Å². The number of ether oxygens (including phenoxy) is 4. The number of carbonyl (C=O) groups is 1. The van der Waals surface area contributed by atoms with Crippen LogP contribution >= 0.6 is 11.8 Å². The Morgan fingerprint density at radius 3 is 2.47 bits per heavy atom. The average Bonchev–Trinajstić information content (AvgIpc) is 3.24. The highest BCUT2D eigenvalue weighted by atomic mass is 32.2. The average molecular weight is 799 g/mol.